The van der Waals surface area contributed by atoms with Crippen LogP contribution in [0.4, 0.5) is 0 Å². The summed E-state index contributed by atoms with van der Waals surface area (Å²) in [5.74, 6) is 1.18. The first-order valence-electron chi connectivity index (χ1n) is 9.25. The van der Waals surface area contributed by atoms with Gasteiger partial charge < -0.3 is 9.88 Å². The van der Waals surface area contributed by atoms with Crippen LogP contribution in [0.5, 0.6) is 0 Å². The standard InChI is InChI=1S/C19H26N4O/c24-19(10-9-18-20-16-7-3-4-8-17(16)21-18)23-13-11-22(12-14-23)15-5-1-2-6-15/h3-4,7-8,15H,1-2,5-6,9-14H2,(H,20,21). The number of amides is 1. The van der Waals surface area contributed by atoms with Gasteiger partial charge >= 0.3 is 0 Å². The molecule has 2 fully saturated rings. The number of nitrogens with one attached hydrogen (secondary N) is 1. The highest BCUT2D eigenvalue weighted by Gasteiger charge is 2.27. The van der Waals surface area contributed by atoms with Gasteiger partial charge in [0.05, 0.1) is 11.0 Å². The lowest BCUT2D eigenvalue weighted by molar-refractivity contribution is -0.133. The van der Waals surface area contributed by atoms with Crippen LogP contribution < -0.4 is 0 Å². The first-order chi connectivity index (χ1) is 11.8. The molecule has 5 heteroatoms. The highest BCUT2D eigenvalue weighted by molar-refractivity contribution is 5.77. The number of hydrogen-bond acceptors (Lipinski definition) is 3. The molecule has 1 aliphatic heterocycles. The summed E-state index contributed by atoms with van der Waals surface area (Å²) in [6.07, 6.45) is 6.68. The quantitative estimate of drug-likeness (QED) is 0.939. The Morgan fingerprint density at radius 3 is 2.62 bits per heavy atom. The minimum Gasteiger partial charge on any atom is -0.342 e. The Balaban J connectivity index is 1.27. The number of para-hydroxylation sites is 2. The maximum atomic E-state index is 12.5. The molecule has 0 radical (unpaired) electrons. The van der Waals surface area contributed by atoms with E-state index in [1.165, 1.54) is 25.7 Å². The molecule has 128 valence electrons. The van der Waals surface area contributed by atoms with Gasteiger partial charge in [0.1, 0.15) is 5.82 Å². The van der Waals surface area contributed by atoms with Gasteiger partial charge in [0.2, 0.25) is 5.91 Å². The predicted octanol–water partition coefficient (Wildman–Crippen LogP) is 2.58. The van der Waals surface area contributed by atoms with Crippen molar-refractivity contribution in [3.63, 3.8) is 0 Å². The maximum Gasteiger partial charge on any atom is 0.223 e. The van der Waals surface area contributed by atoms with Crippen LogP contribution in [0.1, 0.15) is 37.9 Å². The summed E-state index contributed by atoms with van der Waals surface area (Å²) >= 11 is 0. The molecule has 1 saturated carbocycles. The topological polar surface area (TPSA) is 52.2 Å². The first kappa shape index (κ1) is 15.6. The molecule has 2 heterocycles. The molecule has 1 aromatic heterocycles. The van der Waals surface area contributed by atoms with Gasteiger partial charge in [-0.25, -0.2) is 4.98 Å². The molecule has 5 nitrogen and oxygen atoms in total. The molecule has 0 bridgehead atoms. The van der Waals surface area contributed by atoms with Crippen molar-refractivity contribution in [2.45, 2.75) is 44.6 Å². The second-order valence-corrected chi connectivity index (χ2v) is 7.06. The van der Waals surface area contributed by atoms with E-state index >= 15 is 0 Å². The molecule has 1 aromatic carbocycles. The molecule has 0 spiro atoms. The van der Waals surface area contributed by atoms with Crippen LogP contribution in [0.25, 0.3) is 11.0 Å². The van der Waals surface area contributed by atoms with Gasteiger partial charge in [-0.15, -0.1) is 0 Å². The molecule has 1 N–H and O–H groups in total. The molecule has 1 saturated heterocycles. The van der Waals surface area contributed by atoms with Gasteiger partial charge in [-0.2, -0.15) is 0 Å². The number of piperazine rings is 1. The van der Waals surface area contributed by atoms with Crippen molar-refractivity contribution in [3.8, 4) is 0 Å². The molecule has 4 rings (SSSR count). The Hall–Kier alpha value is -1.88. The van der Waals surface area contributed by atoms with Crippen LogP contribution in [-0.2, 0) is 11.2 Å². The van der Waals surface area contributed by atoms with Crippen molar-refractivity contribution in [2.24, 2.45) is 0 Å². The number of carbonyl (C=O) groups is 1. The summed E-state index contributed by atoms with van der Waals surface area (Å²) in [6, 6.07) is 8.79. The minimum atomic E-state index is 0.265. The van der Waals surface area contributed by atoms with Crippen LogP contribution in [-0.4, -0.2) is 57.9 Å². The third kappa shape index (κ3) is 3.31. The number of rotatable bonds is 4. The smallest absolute Gasteiger partial charge is 0.223 e. The average Bonchev–Trinajstić information content (AvgIpc) is 3.29. The number of imidazole rings is 1. The van der Waals surface area contributed by atoms with E-state index in [4.69, 9.17) is 0 Å². The third-order valence-corrected chi connectivity index (χ3v) is 5.52. The second kappa shape index (κ2) is 6.93. The van der Waals surface area contributed by atoms with E-state index in [1.807, 2.05) is 29.2 Å². The average molecular weight is 326 g/mol. The fraction of sp³-hybridized carbons (Fsp3) is 0.579. The Labute approximate surface area is 143 Å². The van der Waals surface area contributed by atoms with Gasteiger partial charge in [0, 0.05) is 45.1 Å². The van der Waals surface area contributed by atoms with Gasteiger partial charge in [0.15, 0.2) is 0 Å². The van der Waals surface area contributed by atoms with Crippen LogP contribution in [0, 0.1) is 0 Å². The number of aromatic amines is 1. The van der Waals surface area contributed by atoms with E-state index in [0.29, 0.717) is 12.8 Å². The molecule has 0 atom stereocenters. The molecule has 1 amide bonds. The number of hydrogen-bond donors (Lipinski definition) is 1. The number of benzene rings is 1. The Bertz CT molecular complexity index is 663. The van der Waals surface area contributed by atoms with Gasteiger partial charge in [-0.05, 0) is 25.0 Å². The fourth-order valence-corrected chi connectivity index (χ4v) is 4.11. The first-order valence-corrected chi connectivity index (χ1v) is 9.25. The number of aromatic nitrogens is 2. The Morgan fingerprint density at radius 2 is 1.88 bits per heavy atom. The summed E-state index contributed by atoms with van der Waals surface area (Å²) < 4.78 is 0. The second-order valence-electron chi connectivity index (χ2n) is 7.06. The maximum absolute atomic E-state index is 12.5. The zero-order chi connectivity index (χ0) is 16.4. The van der Waals surface area contributed by atoms with E-state index in [-0.39, 0.29) is 5.91 Å². The molecule has 2 aliphatic rings. The van der Waals surface area contributed by atoms with Crippen molar-refractivity contribution in [3.05, 3.63) is 30.1 Å². The number of H-pyrrole nitrogens is 1. The highest BCUT2D eigenvalue weighted by atomic mass is 16.2. The molecular weight excluding hydrogens is 300 g/mol. The molecule has 0 unspecified atom stereocenters. The van der Waals surface area contributed by atoms with E-state index in [2.05, 4.69) is 14.9 Å². The van der Waals surface area contributed by atoms with E-state index in [1.54, 1.807) is 0 Å². The van der Waals surface area contributed by atoms with Gasteiger partial charge in [-0.3, -0.25) is 9.69 Å². The number of carbonyl (C=O) groups excluding carboxylic acids is 1. The Morgan fingerprint density at radius 1 is 1.12 bits per heavy atom. The number of fused-ring (bicyclic) bond motifs is 1. The van der Waals surface area contributed by atoms with Crippen molar-refractivity contribution >= 4 is 16.9 Å². The normalized spacial score (nSPS) is 20.1. The predicted molar refractivity (Wildman–Crippen MR) is 94.8 cm³/mol. The zero-order valence-electron chi connectivity index (χ0n) is 14.2. The van der Waals surface area contributed by atoms with E-state index in [9.17, 15) is 4.79 Å². The minimum absolute atomic E-state index is 0.265. The van der Waals surface area contributed by atoms with Crippen molar-refractivity contribution in [1.82, 2.24) is 19.8 Å². The van der Waals surface area contributed by atoms with Crippen LogP contribution in [0.2, 0.25) is 0 Å². The lowest BCUT2D eigenvalue weighted by Crippen LogP contribution is -2.51. The molecule has 24 heavy (non-hydrogen) atoms. The summed E-state index contributed by atoms with van der Waals surface area (Å²) in [5.41, 5.74) is 2.02. The summed E-state index contributed by atoms with van der Waals surface area (Å²) in [4.78, 5) is 25.0. The van der Waals surface area contributed by atoms with Gasteiger partial charge in [0.25, 0.3) is 0 Å². The van der Waals surface area contributed by atoms with Crippen LogP contribution in [0.15, 0.2) is 24.3 Å². The highest BCUT2D eigenvalue weighted by Crippen LogP contribution is 2.24. The van der Waals surface area contributed by atoms with E-state index in [0.717, 1.165) is 49.1 Å². The number of nitrogens with zero attached hydrogens (tertiary/aromatic N) is 3. The van der Waals surface area contributed by atoms with E-state index < -0.39 is 0 Å². The van der Waals surface area contributed by atoms with Crippen molar-refractivity contribution in [1.29, 1.82) is 0 Å². The third-order valence-electron chi connectivity index (χ3n) is 5.52. The summed E-state index contributed by atoms with van der Waals surface area (Å²) in [6.45, 7) is 3.85. The lowest BCUT2D eigenvalue weighted by atomic mass is 10.1. The SMILES string of the molecule is O=C(CCc1nc2ccccc2[nH]1)N1CCN(C2CCCC2)CC1. The molecular formula is C19H26N4O. The summed E-state index contributed by atoms with van der Waals surface area (Å²) in [7, 11) is 0. The summed E-state index contributed by atoms with van der Waals surface area (Å²) in [5, 5.41) is 0. The monoisotopic (exact) mass is 326 g/mol. The van der Waals surface area contributed by atoms with Crippen LogP contribution in [0.3, 0.4) is 0 Å². The molecule has 1 aliphatic carbocycles. The fourth-order valence-electron chi connectivity index (χ4n) is 4.11. The molecule has 2 aromatic rings. The Kier molecular flexibility index (Phi) is 4.52. The number of aryl methyl sites for hydroxylation is 1. The van der Waals surface area contributed by atoms with Crippen LogP contribution >= 0.6 is 0 Å². The zero-order valence-corrected chi connectivity index (χ0v) is 14.2. The van der Waals surface area contributed by atoms with Crippen molar-refractivity contribution < 1.29 is 4.79 Å². The van der Waals surface area contributed by atoms with Crippen molar-refractivity contribution in [2.75, 3.05) is 26.2 Å². The van der Waals surface area contributed by atoms with Gasteiger partial charge in [-0.1, -0.05) is 25.0 Å². The lowest BCUT2D eigenvalue weighted by Gasteiger charge is -2.38. The largest absolute Gasteiger partial charge is 0.342 e.